The summed E-state index contributed by atoms with van der Waals surface area (Å²) in [5.41, 5.74) is 2.65. The van der Waals surface area contributed by atoms with Gasteiger partial charge in [-0.15, -0.1) is 0 Å². The molecular weight excluding hydrogens is 210 g/mol. The Bertz CT molecular complexity index is 369. The Labute approximate surface area is 104 Å². The zero-order valence-electron chi connectivity index (χ0n) is 10.9. The molecule has 1 aromatic rings. The molecule has 2 rings (SSSR count). The molecule has 0 aliphatic carbocycles. The summed E-state index contributed by atoms with van der Waals surface area (Å²) in [6.45, 7) is 6.66. The van der Waals surface area contributed by atoms with Gasteiger partial charge in [-0.25, -0.2) is 0 Å². The number of rotatable bonds is 3. The first-order valence-corrected chi connectivity index (χ1v) is 6.75. The summed E-state index contributed by atoms with van der Waals surface area (Å²) in [5, 5.41) is 8.05. The molecule has 0 amide bonds. The normalized spacial score (nSPS) is 21.4. The van der Waals surface area contributed by atoms with Crippen molar-refractivity contribution in [3.05, 3.63) is 23.5 Å². The zero-order chi connectivity index (χ0) is 12.1. The molecule has 1 aliphatic heterocycles. The van der Waals surface area contributed by atoms with Crippen LogP contribution in [-0.4, -0.2) is 22.9 Å². The van der Waals surface area contributed by atoms with Gasteiger partial charge in [-0.2, -0.15) is 5.10 Å². The molecule has 0 aromatic carbocycles. The third-order valence-corrected chi connectivity index (χ3v) is 3.50. The Kier molecular flexibility index (Phi) is 4.37. The predicted molar refractivity (Wildman–Crippen MR) is 71.9 cm³/mol. The first-order chi connectivity index (χ1) is 8.29. The molecule has 1 aromatic heterocycles. The largest absolute Gasteiger partial charge is 0.316 e. The molecule has 1 aliphatic rings. The number of aromatic nitrogens is 2. The van der Waals surface area contributed by atoms with Crippen molar-refractivity contribution in [1.82, 2.24) is 15.1 Å². The minimum Gasteiger partial charge on any atom is -0.316 e. The molecule has 1 saturated heterocycles. The average Bonchev–Trinajstić information content (AvgIpc) is 2.65. The summed E-state index contributed by atoms with van der Waals surface area (Å²) >= 11 is 0. The number of nitrogens with one attached hydrogen (secondary N) is 1. The molecular formula is C14H23N3. The van der Waals surface area contributed by atoms with Crippen LogP contribution in [-0.2, 0) is 0 Å². The minimum atomic E-state index is 0.498. The van der Waals surface area contributed by atoms with Gasteiger partial charge in [0.2, 0.25) is 0 Å². The molecule has 0 spiro atoms. The van der Waals surface area contributed by atoms with Gasteiger partial charge < -0.3 is 5.32 Å². The molecule has 1 N–H and O–H groups in total. The number of hydrogen-bond acceptors (Lipinski definition) is 2. The maximum atomic E-state index is 4.63. The second-order valence-electron chi connectivity index (χ2n) is 4.88. The molecule has 3 nitrogen and oxygen atoms in total. The van der Waals surface area contributed by atoms with Gasteiger partial charge >= 0.3 is 0 Å². The topological polar surface area (TPSA) is 29.9 Å². The molecule has 3 heteroatoms. The van der Waals surface area contributed by atoms with E-state index in [1.807, 2.05) is 0 Å². The molecule has 17 heavy (non-hydrogen) atoms. The standard InChI is InChI=1S/C14H23N3/c1-3-12(2)17-10-7-14(16-17)11-13-5-4-8-15-9-6-13/h7,10-12,15H,3-6,8-9H2,1-2H3/b13-11-. The van der Waals surface area contributed by atoms with Crippen LogP contribution in [0.25, 0.3) is 6.08 Å². The number of nitrogens with zero attached hydrogens (tertiary/aromatic N) is 2. The summed E-state index contributed by atoms with van der Waals surface area (Å²) in [4.78, 5) is 0. The van der Waals surface area contributed by atoms with E-state index in [1.165, 1.54) is 18.4 Å². The van der Waals surface area contributed by atoms with Crippen LogP contribution in [0, 0.1) is 0 Å². The summed E-state index contributed by atoms with van der Waals surface area (Å²) < 4.78 is 2.07. The van der Waals surface area contributed by atoms with Gasteiger partial charge in [0.1, 0.15) is 0 Å². The molecule has 1 unspecified atom stereocenters. The van der Waals surface area contributed by atoms with E-state index in [0.717, 1.165) is 31.6 Å². The highest BCUT2D eigenvalue weighted by Gasteiger charge is 2.06. The summed E-state index contributed by atoms with van der Waals surface area (Å²) in [6.07, 6.45) is 9.11. The van der Waals surface area contributed by atoms with Crippen molar-refractivity contribution < 1.29 is 0 Å². The van der Waals surface area contributed by atoms with E-state index < -0.39 is 0 Å². The van der Waals surface area contributed by atoms with E-state index >= 15 is 0 Å². The molecule has 1 atom stereocenters. The van der Waals surface area contributed by atoms with Crippen LogP contribution in [0.1, 0.15) is 51.3 Å². The van der Waals surface area contributed by atoms with Gasteiger partial charge in [-0.1, -0.05) is 12.5 Å². The lowest BCUT2D eigenvalue weighted by molar-refractivity contribution is 0.477. The van der Waals surface area contributed by atoms with Crippen molar-refractivity contribution in [3.8, 4) is 0 Å². The van der Waals surface area contributed by atoms with E-state index in [-0.39, 0.29) is 0 Å². The molecule has 0 bridgehead atoms. The fraction of sp³-hybridized carbons (Fsp3) is 0.643. The highest BCUT2D eigenvalue weighted by molar-refractivity contribution is 5.48. The number of hydrogen-bond donors (Lipinski definition) is 1. The Morgan fingerprint density at radius 3 is 3.18 bits per heavy atom. The quantitative estimate of drug-likeness (QED) is 0.869. The van der Waals surface area contributed by atoms with E-state index in [2.05, 4.69) is 47.3 Å². The van der Waals surface area contributed by atoms with Gasteiger partial charge in [-0.3, -0.25) is 4.68 Å². The van der Waals surface area contributed by atoms with Gasteiger partial charge in [0.15, 0.2) is 0 Å². The molecule has 1 fully saturated rings. The van der Waals surface area contributed by atoms with Gasteiger partial charge in [0.25, 0.3) is 0 Å². The smallest absolute Gasteiger partial charge is 0.0850 e. The molecule has 94 valence electrons. The van der Waals surface area contributed by atoms with E-state index in [9.17, 15) is 0 Å². The maximum absolute atomic E-state index is 4.63. The molecule has 0 saturated carbocycles. The van der Waals surface area contributed by atoms with E-state index in [1.54, 1.807) is 0 Å². The van der Waals surface area contributed by atoms with Crippen molar-refractivity contribution in [2.24, 2.45) is 0 Å². The third-order valence-electron chi connectivity index (χ3n) is 3.50. The van der Waals surface area contributed by atoms with Crippen LogP contribution in [0.3, 0.4) is 0 Å². The van der Waals surface area contributed by atoms with Gasteiger partial charge in [0.05, 0.1) is 5.69 Å². The first-order valence-electron chi connectivity index (χ1n) is 6.75. The fourth-order valence-electron chi connectivity index (χ4n) is 2.16. The van der Waals surface area contributed by atoms with Crippen LogP contribution < -0.4 is 5.32 Å². The van der Waals surface area contributed by atoms with Crippen molar-refractivity contribution in [1.29, 1.82) is 0 Å². The second-order valence-corrected chi connectivity index (χ2v) is 4.88. The highest BCUT2D eigenvalue weighted by atomic mass is 15.3. The monoisotopic (exact) mass is 233 g/mol. The predicted octanol–water partition coefficient (Wildman–Crippen LogP) is 3.01. The van der Waals surface area contributed by atoms with Crippen LogP contribution >= 0.6 is 0 Å². The van der Waals surface area contributed by atoms with Crippen molar-refractivity contribution in [2.45, 2.75) is 45.6 Å². The SMILES string of the molecule is CCC(C)n1ccc(/C=C2/CCCNCC2)n1. The lowest BCUT2D eigenvalue weighted by Crippen LogP contribution is -2.13. The molecule has 0 radical (unpaired) electrons. The van der Waals surface area contributed by atoms with Crippen LogP contribution in [0.2, 0.25) is 0 Å². The lowest BCUT2D eigenvalue weighted by atomic mass is 10.1. The minimum absolute atomic E-state index is 0.498. The third kappa shape index (κ3) is 3.43. The summed E-state index contributed by atoms with van der Waals surface area (Å²) in [7, 11) is 0. The van der Waals surface area contributed by atoms with Gasteiger partial charge in [0, 0.05) is 12.2 Å². The average molecular weight is 233 g/mol. The molecule has 2 heterocycles. The van der Waals surface area contributed by atoms with Crippen molar-refractivity contribution in [2.75, 3.05) is 13.1 Å². The van der Waals surface area contributed by atoms with E-state index in [0.29, 0.717) is 6.04 Å². The highest BCUT2D eigenvalue weighted by Crippen LogP contribution is 2.17. The Morgan fingerprint density at radius 1 is 1.47 bits per heavy atom. The first kappa shape index (κ1) is 12.4. The Hall–Kier alpha value is -1.09. The van der Waals surface area contributed by atoms with Crippen LogP contribution in [0.5, 0.6) is 0 Å². The zero-order valence-corrected chi connectivity index (χ0v) is 10.9. The second kappa shape index (κ2) is 6.01. The van der Waals surface area contributed by atoms with Crippen molar-refractivity contribution >= 4 is 6.08 Å². The van der Waals surface area contributed by atoms with Crippen LogP contribution in [0.15, 0.2) is 17.8 Å². The lowest BCUT2D eigenvalue weighted by Gasteiger charge is -2.07. The fourth-order valence-corrected chi connectivity index (χ4v) is 2.16. The maximum Gasteiger partial charge on any atom is 0.0850 e. The summed E-state index contributed by atoms with van der Waals surface area (Å²) in [5.74, 6) is 0. The van der Waals surface area contributed by atoms with Gasteiger partial charge in [-0.05, 0) is 57.8 Å². The van der Waals surface area contributed by atoms with Crippen molar-refractivity contribution in [3.63, 3.8) is 0 Å². The Balaban J connectivity index is 2.06. The Morgan fingerprint density at radius 2 is 2.35 bits per heavy atom. The summed E-state index contributed by atoms with van der Waals surface area (Å²) in [6, 6.07) is 2.62. The van der Waals surface area contributed by atoms with E-state index in [4.69, 9.17) is 0 Å². The van der Waals surface area contributed by atoms with Crippen LogP contribution in [0.4, 0.5) is 0 Å².